The van der Waals surface area contributed by atoms with Gasteiger partial charge in [0.1, 0.15) is 5.82 Å². The van der Waals surface area contributed by atoms with Gasteiger partial charge in [0.25, 0.3) is 0 Å². The molecule has 0 fully saturated rings. The normalized spacial score (nSPS) is 12.7. The molecule has 0 amide bonds. The first kappa shape index (κ1) is 13.0. The summed E-state index contributed by atoms with van der Waals surface area (Å²) < 4.78 is 12.7. The fourth-order valence-electron chi connectivity index (χ4n) is 1.36. The molecule has 0 aliphatic heterocycles. The van der Waals surface area contributed by atoms with Crippen LogP contribution in [0.5, 0.6) is 0 Å². The van der Waals surface area contributed by atoms with Crippen molar-refractivity contribution in [3.05, 3.63) is 30.1 Å². The van der Waals surface area contributed by atoms with Gasteiger partial charge in [-0.25, -0.2) is 4.39 Å². The van der Waals surface area contributed by atoms with Crippen LogP contribution in [0, 0.1) is 11.7 Å². The molecule has 0 saturated heterocycles. The van der Waals surface area contributed by atoms with E-state index >= 15 is 0 Å². The Hall–Kier alpha value is -0.0200. The molecule has 0 radical (unpaired) electrons. The Morgan fingerprint density at radius 1 is 1.33 bits per heavy atom. The van der Waals surface area contributed by atoms with E-state index in [1.54, 1.807) is 11.8 Å². The number of halogens is 2. The summed E-state index contributed by atoms with van der Waals surface area (Å²) in [4.78, 5) is 1.15. The molecule has 0 aliphatic rings. The van der Waals surface area contributed by atoms with E-state index in [4.69, 9.17) is 0 Å². The summed E-state index contributed by atoms with van der Waals surface area (Å²) in [6.07, 6.45) is 2.47. The number of thioether (sulfide) groups is 1. The Bertz CT molecular complexity index is 273. The Balaban J connectivity index is 2.38. The quantitative estimate of drug-likeness (QED) is 0.539. The summed E-state index contributed by atoms with van der Waals surface area (Å²) >= 11 is 5.33. The van der Waals surface area contributed by atoms with E-state index in [9.17, 15) is 4.39 Å². The summed E-state index contributed by atoms with van der Waals surface area (Å²) in [6, 6.07) is 6.73. The third-order valence-electron chi connectivity index (χ3n) is 2.21. The summed E-state index contributed by atoms with van der Waals surface area (Å²) in [5.41, 5.74) is 0. The van der Waals surface area contributed by atoms with Crippen LogP contribution < -0.4 is 0 Å². The lowest BCUT2D eigenvalue weighted by atomic mass is 10.1. The van der Waals surface area contributed by atoms with Crippen molar-refractivity contribution in [2.75, 3.05) is 11.1 Å². The second-order valence-electron chi connectivity index (χ2n) is 3.57. The van der Waals surface area contributed by atoms with Crippen LogP contribution in [0.25, 0.3) is 0 Å². The Morgan fingerprint density at radius 3 is 2.53 bits per heavy atom. The largest absolute Gasteiger partial charge is 0.207 e. The van der Waals surface area contributed by atoms with Crippen molar-refractivity contribution in [3.8, 4) is 0 Å². The highest BCUT2D eigenvalue weighted by Crippen LogP contribution is 2.23. The maximum absolute atomic E-state index is 12.7. The predicted octanol–water partition coefficient (Wildman–Crippen LogP) is 4.73. The fourth-order valence-corrected chi connectivity index (χ4v) is 3.26. The van der Waals surface area contributed by atoms with Gasteiger partial charge in [-0.2, -0.15) is 0 Å². The van der Waals surface area contributed by atoms with Crippen LogP contribution in [0.15, 0.2) is 29.2 Å². The van der Waals surface area contributed by atoms with Crippen LogP contribution in [0.3, 0.4) is 0 Å². The number of hydrogen-bond donors (Lipinski definition) is 0. The van der Waals surface area contributed by atoms with Crippen molar-refractivity contribution in [2.45, 2.75) is 24.7 Å². The molecular weight excluding hydrogens is 275 g/mol. The number of rotatable bonds is 6. The molecule has 0 aromatic heterocycles. The van der Waals surface area contributed by atoms with Gasteiger partial charge in [0, 0.05) is 16.0 Å². The molecule has 84 valence electrons. The van der Waals surface area contributed by atoms with E-state index < -0.39 is 0 Å². The molecule has 0 heterocycles. The van der Waals surface area contributed by atoms with Crippen molar-refractivity contribution in [1.29, 1.82) is 0 Å². The van der Waals surface area contributed by atoms with Gasteiger partial charge in [0.05, 0.1) is 0 Å². The minimum Gasteiger partial charge on any atom is -0.207 e. The van der Waals surface area contributed by atoms with Crippen LogP contribution in [-0.4, -0.2) is 11.1 Å². The van der Waals surface area contributed by atoms with Gasteiger partial charge in [-0.1, -0.05) is 29.3 Å². The molecule has 0 aliphatic carbocycles. The van der Waals surface area contributed by atoms with Crippen LogP contribution >= 0.6 is 27.7 Å². The minimum atomic E-state index is -0.162. The van der Waals surface area contributed by atoms with Gasteiger partial charge in [-0.15, -0.1) is 11.8 Å². The van der Waals surface area contributed by atoms with Crippen molar-refractivity contribution in [1.82, 2.24) is 0 Å². The predicted molar refractivity (Wildman–Crippen MR) is 69.3 cm³/mol. The summed E-state index contributed by atoms with van der Waals surface area (Å²) in [6.45, 7) is 2.21. The van der Waals surface area contributed by atoms with Gasteiger partial charge >= 0.3 is 0 Å². The first-order valence-electron chi connectivity index (χ1n) is 5.20. The number of hydrogen-bond acceptors (Lipinski definition) is 1. The third-order valence-corrected chi connectivity index (χ3v) is 4.37. The molecule has 1 rings (SSSR count). The van der Waals surface area contributed by atoms with Gasteiger partial charge in [0.15, 0.2) is 0 Å². The topological polar surface area (TPSA) is 0 Å². The maximum Gasteiger partial charge on any atom is 0.123 e. The van der Waals surface area contributed by atoms with Crippen molar-refractivity contribution >= 4 is 27.7 Å². The summed E-state index contributed by atoms with van der Waals surface area (Å²) in [5, 5.41) is 1.05. The third kappa shape index (κ3) is 5.03. The average Bonchev–Trinajstić information content (AvgIpc) is 2.26. The van der Waals surface area contributed by atoms with Crippen LogP contribution in [0.1, 0.15) is 19.8 Å². The molecule has 1 atom stereocenters. The molecule has 1 unspecified atom stereocenters. The van der Waals surface area contributed by atoms with E-state index in [2.05, 4.69) is 22.9 Å². The average molecular weight is 291 g/mol. The SMILES string of the molecule is CCCC(CBr)CSc1ccc(F)cc1. The lowest BCUT2D eigenvalue weighted by Gasteiger charge is -2.11. The standard InChI is InChI=1S/C12H16BrFS/c1-2-3-10(8-13)9-15-12-6-4-11(14)5-7-12/h4-7,10H,2-3,8-9H2,1H3. The zero-order valence-electron chi connectivity index (χ0n) is 8.88. The monoisotopic (exact) mass is 290 g/mol. The molecule has 0 nitrogen and oxygen atoms in total. The Morgan fingerprint density at radius 2 is 2.00 bits per heavy atom. The summed E-state index contributed by atoms with van der Waals surface area (Å²) in [5.74, 6) is 1.65. The van der Waals surface area contributed by atoms with Gasteiger partial charge < -0.3 is 0 Å². The van der Waals surface area contributed by atoms with Gasteiger partial charge in [-0.3, -0.25) is 0 Å². The van der Waals surface area contributed by atoms with Crippen molar-refractivity contribution in [3.63, 3.8) is 0 Å². The molecule has 1 aromatic carbocycles. The van der Waals surface area contributed by atoms with E-state index in [-0.39, 0.29) is 5.82 Å². The minimum absolute atomic E-state index is 0.162. The molecule has 0 N–H and O–H groups in total. The van der Waals surface area contributed by atoms with Gasteiger partial charge in [0.2, 0.25) is 0 Å². The first-order valence-corrected chi connectivity index (χ1v) is 7.31. The summed E-state index contributed by atoms with van der Waals surface area (Å²) in [7, 11) is 0. The van der Waals surface area contributed by atoms with Gasteiger partial charge in [-0.05, 0) is 36.6 Å². The number of alkyl halides is 1. The Kier molecular flexibility index (Phi) is 6.34. The maximum atomic E-state index is 12.7. The molecule has 0 bridgehead atoms. The lowest BCUT2D eigenvalue weighted by Crippen LogP contribution is -2.04. The highest BCUT2D eigenvalue weighted by atomic mass is 79.9. The van der Waals surface area contributed by atoms with E-state index in [0.717, 1.165) is 16.0 Å². The van der Waals surface area contributed by atoms with E-state index in [1.807, 2.05) is 12.1 Å². The molecule has 15 heavy (non-hydrogen) atoms. The smallest absolute Gasteiger partial charge is 0.123 e. The highest BCUT2D eigenvalue weighted by Gasteiger charge is 2.06. The van der Waals surface area contributed by atoms with Crippen LogP contribution in [-0.2, 0) is 0 Å². The molecule has 3 heteroatoms. The first-order chi connectivity index (χ1) is 7.26. The lowest BCUT2D eigenvalue weighted by molar-refractivity contribution is 0.597. The molecular formula is C12H16BrFS. The van der Waals surface area contributed by atoms with Crippen LogP contribution in [0.4, 0.5) is 4.39 Å². The Labute approximate surface area is 104 Å². The zero-order valence-corrected chi connectivity index (χ0v) is 11.3. The van der Waals surface area contributed by atoms with E-state index in [0.29, 0.717) is 5.92 Å². The second-order valence-corrected chi connectivity index (χ2v) is 5.31. The molecule has 1 aromatic rings. The van der Waals surface area contributed by atoms with Crippen molar-refractivity contribution in [2.24, 2.45) is 5.92 Å². The van der Waals surface area contributed by atoms with Crippen molar-refractivity contribution < 1.29 is 4.39 Å². The zero-order chi connectivity index (χ0) is 11.1. The highest BCUT2D eigenvalue weighted by molar-refractivity contribution is 9.09. The van der Waals surface area contributed by atoms with Crippen LogP contribution in [0.2, 0.25) is 0 Å². The fraction of sp³-hybridized carbons (Fsp3) is 0.500. The molecule has 0 spiro atoms. The van der Waals surface area contributed by atoms with E-state index in [1.165, 1.54) is 25.0 Å². The number of benzene rings is 1. The molecule has 0 saturated carbocycles. The second kappa shape index (κ2) is 7.29.